The fourth-order valence-corrected chi connectivity index (χ4v) is 2.65. The summed E-state index contributed by atoms with van der Waals surface area (Å²) in [6.07, 6.45) is 2.65. The molecule has 1 aliphatic rings. The first kappa shape index (κ1) is 16.7. The Morgan fingerprint density at radius 3 is 2.25 bits per heavy atom. The van der Waals surface area contributed by atoms with Gasteiger partial charge in [-0.3, -0.25) is 14.4 Å². The van der Waals surface area contributed by atoms with Crippen LogP contribution in [0.15, 0.2) is 0 Å². The summed E-state index contributed by atoms with van der Waals surface area (Å²) >= 11 is 0. The van der Waals surface area contributed by atoms with Gasteiger partial charge in [0.05, 0.1) is 6.42 Å². The molecule has 0 aromatic rings. The van der Waals surface area contributed by atoms with E-state index in [0.29, 0.717) is 32.1 Å². The van der Waals surface area contributed by atoms with Crippen molar-refractivity contribution in [3.63, 3.8) is 0 Å². The number of carbonyl (C=O) groups is 3. The summed E-state index contributed by atoms with van der Waals surface area (Å²) in [6.45, 7) is 5.41. The van der Waals surface area contributed by atoms with Gasteiger partial charge in [0.2, 0.25) is 0 Å². The molecule has 1 aliphatic carbocycles. The van der Waals surface area contributed by atoms with Gasteiger partial charge >= 0.3 is 11.9 Å². The van der Waals surface area contributed by atoms with Crippen molar-refractivity contribution in [1.29, 1.82) is 0 Å². The van der Waals surface area contributed by atoms with E-state index in [2.05, 4.69) is 0 Å². The summed E-state index contributed by atoms with van der Waals surface area (Å²) in [5.74, 6) is -0.994. The zero-order valence-corrected chi connectivity index (χ0v) is 12.5. The summed E-state index contributed by atoms with van der Waals surface area (Å²) in [4.78, 5) is 34.1. The largest absolute Gasteiger partial charge is 0.481 e. The highest BCUT2D eigenvalue weighted by Gasteiger charge is 2.37. The molecule has 1 fully saturated rings. The topological polar surface area (TPSA) is 80.7 Å². The lowest BCUT2D eigenvalue weighted by Gasteiger charge is -2.35. The minimum Gasteiger partial charge on any atom is -0.481 e. The highest BCUT2D eigenvalue weighted by Crippen LogP contribution is 2.42. The van der Waals surface area contributed by atoms with Crippen LogP contribution in [-0.4, -0.2) is 28.4 Å². The van der Waals surface area contributed by atoms with Crippen LogP contribution in [0.4, 0.5) is 0 Å². The molecule has 0 aromatic carbocycles. The smallest absolute Gasteiger partial charge is 0.306 e. The number of rotatable bonds is 5. The second kappa shape index (κ2) is 6.37. The van der Waals surface area contributed by atoms with Crippen LogP contribution in [0.1, 0.15) is 65.7 Å². The Morgan fingerprint density at radius 1 is 1.25 bits per heavy atom. The molecule has 5 heteroatoms. The molecule has 0 spiro atoms. The lowest BCUT2D eigenvalue weighted by atomic mass is 9.69. The van der Waals surface area contributed by atoms with E-state index in [1.807, 2.05) is 0 Å². The van der Waals surface area contributed by atoms with E-state index in [9.17, 15) is 14.4 Å². The van der Waals surface area contributed by atoms with Gasteiger partial charge in [-0.15, -0.1) is 0 Å². The molecule has 0 bridgehead atoms. The normalized spacial score (nSPS) is 18.6. The Bertz CT molecular complexity index is 382. The number of hydrogen-bond acceptors (Lipinski definition) is 4. The van der Waals surface area contributed by atoms with Crippen LogP contribution < -0.4 is 0 Å². The Labute approximate surface area is 119 Å². The van der Waals surface area contributed by atoms with Gasteiger partial charge in [0, 0.05) is 19.3 Å². The number of hydrogen-bond donors (Lipinski definition) is 1. The average molecular weight is 284 g/mol. The molecule has 0 heterocycles. The zero-order valence-electron chi connectivity index (χ0n) is 12.5. The minimum atomic E-state index is -0.872. The Kier molecular flexibility index (Phi) is 5.31. The van der Waals surface area contributed by atoms with Gasteiger partial charge in [0.15, 0.2) is 0 Å². The predicted molar refractivity (Wildman–Crippen MR) is 73.2 cm³/mol. The van der Waals surface area contributed by atoms with Crippen molar-refractivity contribution in [3.05, 3.63) is 0 Å². The number of ketones is 1. The van der Waals surface area contributed by atoms with E-state index in [1.54, 1.807) is 20.8 Å². The molecule has 0 saturated heterocycles. The molecule has 20 heavy (non-hydrogen) atoms. The average Bonchev–Trinajstić information content (AvgIpc) is 2.28. The zero-order chi connectivity index (χ0) is 15.4. The molecule has 5 nitrogen and oxygen atoms in total. The first-order valence-corrected chi connectivity index (χ1v) is 7.07. The SMILES string of the molecule is CC(C)(C)OC(=O)CCC1(CC(=O)O)CCC(=O)CC1. The van der Waals surface area contributed by atoms with Gasteiger partial charge in [-0.2, -0.15) is 0 Å². The molecule has 0 unspecified atom stereocenters. The van der Waals surface area contributed by atoms with Crippen LogP contribution in [0, 0.1) is 5.41 Å². The van der Waals surface area contributed by atoms with Crippen LogP contribution in [0.5, 0.6) is 0 Å². The van der Waals surface area contributed by atoms with E-state index < -0.39 is 17.0 Å². The van der Waals surface area contributed by atoms with E-state index in [1.165, 1.54) is 0 Å². The van der Waals surface area contributed by atoms with Crippen molar-refractivity contribution in [1.82, 2.24) is 0 Å². The number of carboxylic acid groups (broad SMARTS) is 1. The van der Waals surface area contributed by atoms with Crippen molar-refractivity contribution >= 4 is 17.7 Å². The van der Waals surface area contributed by atoms with E-state index in [0.717, 1.165) is 0 Å². The third-order valence-electron chi connectivity index (χ3n) is 3.67. The standard InChI is InChI=1S/C15H24O5/c1-14(2,3)20-13(19)6-9-15(10-12(17)18)7-4-11(16)5-8-15/h4-10H2,1-3H3,(H,17,18). The van der Waals surface area contributed by atoms with Gasteiger partial charge < -0.3 is 9.84 Å². The van der Waals surface area contributed by atoms with Crippen molar-refractivity contribution in [2.45, 2.75) is 71.3 Å². The van der Waals surface area contributed by atoms with Gasteiger partial charge in [0.25, 0.3) is 0 Å². The number of esters is 1. The Morgan fingerprint density at radius 2 is 1.80 bits per heavy atom. The molecule has 1 rings (SSSR count). The van der Waals surface area contributed by atoms with Crippen LogP contribution in [0.25, 0.3) is 0 Å². The lowest BCUT2D eigenvalue weighted by Crippen LogP contribution is -2.32. The molecular formula is C15H24O5. The fourth-order valence-electron chi connectivity index (χ4n) is 2.65. The highest BCUT2D eigenvalue weighted by molar-refractivity contribution is 5.80. The monoisotopic (exact) mass is 284 g/mol. The second-order valence-corrected chi connectivity index (χ2v) is 6.70. The third kappa shape index (κ3) is 5.72. The maximum Gasteiger partial charge on any atom is 0.306 e. The van der Waals surface area contributed by atoms with E-state index >= 15 is 0 Å². The third-order valence-corrected chi connectivity index (χ3v) is 3.67. The highest BCUT2D eigenvalue weighted by atomic mass is 16.6. The Hall–Kier alpha value is -1.39. The number of carbonyl (C=O) groups excluding carboxylic acids is 2. The maximum absolute atomic E-state index is 11.8. The van der Waals surface area contributed by atoms with E-state index in [-0.39, 0.29) is 24.6 Å². The first-order chi connectivity index (χ1) is 9.12. The van der Waals surface area contributed by atoms with Crippen molar-refractivity contribution in [3.8, 4) is 0 Å². The minimum absolute atomic E-state index is 0.0169. The molecule has 114 valence electrons. The molecule has 0 radical (unpaired) electrons. The quantitative estimate of drug-likeness (QED) is 0.785. The van der Waals surface area contributed by atoms with Crippen LogP contribution in [0.3, 0.4) is 0 Å². The molecule has 1 N–H and O–H groups in total. The van der Waals surface area contributed by atoms with E-state index in [4.69, 9.17) is 9.84 Å². The summed E-state index contributed by atoms with van der Waals surface area (Å²) in [6, 6.07) is 0. The van der Waals surface area contributed by atoms with Crippen LogP contribution in [0.2, 0.25) is 0 Å². The number of ether oxygens (including phenoxy) is 1. The summed E-state index contributed by atoms with van der Waals surface area (Å²) in [5, 5.41) is 9.05. The van der Waals surface area contributed by atoms with Crippen LogP contribution in [-0.2, 0) is 19.1 Å². The van der Waals surface area contributed by atoms with Crippen molar-refractivity contribution in [2.24, 2.45) is 5.41 Å². The summed E-state index contributed by atoms with van der Waals surface area (Å²) in [5.41, 5.74) is -0.962. The summed E-state index contributed by atoms with van der Waals surface area (Å²) < 4.78 is 5.25. The lowest BCUT2D eigenvalue weighted by molar-refractivity contribution is -0.156. The van der Waals surface area contributed by atoms with Gasteiger partial charge in [-0.1, -0.05) is 0 Å². The van der Waals surface area contributed by atoms with Gasteiger partial charge in [0.1, 0.15) is 11.4 Å². The number of Topliss-reactive ketones (excluding diaryl/α,β-unsaturated/α-hetero) is 1. The molecule has 1 saturated carbocycles. The summed E-state index contributed by atoms with van der Waals surface area (Å²) in [7, 11) is 0. The van der Waals surface area contributed by atoms with Crippen molar-refractivity contribution < 1.29 is 24.2 Å². The van der Waals surface area contributed by atoms with Crippen LogP contribution >= 0.6 is 0 Å². The first-order valence-electron chi connectivity index (χ1n) is 7.07. The van der Waals surface area contributed by atoms with Gasteiger partial charge in [-0.25, -0.2) is 0 Å². The molecular weight excluding hydrogens is 260 g/mol. The maximum atomic E-state index is 11.8. The molecule has 0 amide bonds. The molecule has 0 aliphatic heterocycles. The molecule has 0 atom stereocenters. The van der Waals surface area contributed by atoms with Crippen molar-refractivity contribution in [2.75, 3.05) is 0 Å². The number of aliphatic carboxylic acids is 1. The Balaban J connectivity index is 2.60. The fraction of sp³-hybridized carbons (Fsp3) is 0.800. The second-order valence-electron chi connectivity index (χ2n) is 6.70. The van der Waals surface area contributed by atoms with Gasteiger partial charge in [-0.05, 0) is 45.4 Å². The predicted octanol–water partition coefficient (Wildman–Crippen LogP) is 2.71. The molecule has 0 aromatic heterocycles. The number of carboxylic acids is 1.